The van der Waals surface area contributed by atoms with Crippen LogP contribution in [0.3, 0.4) is 0 Å². The van der Waals surface area contributed by atoms with Gasteiger partial charge in [-0.3, -0.25) is 9.78 Å². The van der Waals surface area contributed by atoms with Crippen molar-refractivity contribution in [1.82, 2.24) is 9.88 Å². The molecule has 5 nitrogen and oxygen atoms in total. The van der Waals surface area contributed by atoms with Crippen LogP contribution in [0.5, 0.6) is 0 Å². The molecule has 1 saturated heterocycles. The first-order valence-corrected chi connectivity index (χ1v) is 5.62. The van der Waals surface area contributed by atoms with E-state index in [9.17, 15) is 4.79 Å². The molecule has 0 aromatic carbocycles. The van der Waals surface area contributed by atoms with Gasteiger partial charge in [-0.25, -0.2) is 0 Å². The van der Waals surface area contributed by atoms with Crippen LogP contribution in [0.2, 0.25) is 0 Å². The van der Waals surface area contributed by atoms with E-state index in [0.29, 0.717) is 38.6 Å². The molecule has 0 aliphatic carbocycles. The molecular weight excluding hydrogens is 220 g/mol. The maximum atomic E-state index is 12.1. The minimum atomic E-state index is -0.0359. The van der Waals surface area contributed by atoms with Crippen LogP contribution in [-0.2, 0) is 16.1 Å². The molecule has 2 heterocycles. The molecule has 1 aliphatic heterocycles. The standard InChI is InChI=1S/C12H16N2O3/c1-16-9-10-2-3-13-11(8-10)12(15)14-4-6-17-7-5-14/h2-3,8H,4-7,9H2,1H3. The Labute approximate surface area is 100 Å². The summed E-state index contributed by atoms with van der Waals surface area (Å²) < 4.78 is 10.2. The largest absolute Gasteiger partial charge is 0.380 e. The molecule has 2 rings (SSSR count). The van der Waals surface area contributed by atoms with Gasteiger partial charge in [0, 0.05) is 26.4 Å². The normalized spacial score (nSPS) is 15.9. The highest BCUT2D eigenvalue weighted by Gasteiger charge is 2.19. The molecule has 1 aromatic rings. The van der Waals surface area contributed by atoms with Crippen molar-refractivity contribution in [3.05, 3.63) is 29.6 Å². The van der Waals surface area contributed by atoms with Crippen molar-refractivity contribution in [3.63, 3.8) is 0 Å². The summed E-state index contributed by atoms with van der Waals surface area (Å²) in [5.74, 6) is -0.0359. The molecule has 0 radical (unpaired) electrons. The molecule has 0 bridgehead atoms. The number of carbonyl (C=O) groups is 1. The third-order valence-corrected chi connectivity index (χ3v) is 2.65. The van der Waals surface area contributed by atoms with E-state index in [1.165, 1.54) is 0 Å². The lowest BCUT2D eigenvalue weighted by Gasteiger charge is -2.26. The van der Waals surface area contributed by atoms with Gasteiger partial charge in [-0.15, -0.1) is 0 Å². The number of hydrogen-bond acceptors (Lipinski definition) is 4. The molecule has 1 aliphatic rings. The number of ether oxygens (including phenoxy) is 2. The van der Waals surface area contributed by atoms with Gasteiger partial charge in [0.25, 0.3) is 5.91 Å². The lowest BCUT2D eigenvalue weighted by molar-refractivity contribution is 0.0299. The zero-order chi connectivity index (χ0) is 12.1. The summed E-state index contributed by atoms with van der Waals surface area (Å²) in [6, 6.07) is 3.63. The quantitative estimate of drug-likeness (QED) is 0.775. The Hall–Kier alpha value is -1.46. The average Bonchev–Trinajstić information content (AvgIpc) is 2.40. The van der Waals surface area contributed by atoms with E-state index in [2.05, 4.69) is 4.98 Å². The predicted octanol–water partition coefficient (Wildman–Crippen LogP) is 0.700. The van der Waals surface area contributed by atoms with E-state index >= 15 is 0 Å². The van der Waals surface area contributed by atoms with Crippen LogP contribution in [0.15, 0.2) is 18.3 Å². The number of amides is 1. The first kappa shape index (κ1) is 12.0. The number of pyridine rings is 1. The van der Waals surface area contributed by atoms with E-state index < -0.39 is 0 Å². The Kier molecular flexibility index (Phi) is 4.06. The molecule has 1 fully saturated rings. The van der Waals surface area contributed by atoms with E-state index in [1.807, 2.05) is 6.07 Å². The number of methoxy groups -OCH3 is 1. The minimum Gasteiger partial charge on any atom is -0.380 e. The summed E-state index contributed by atoms with van der Waals surface area (Å²) in [5, 5.41) is 0. The Balaban J connectivity index is 2.09. The number of rotatable bonds is 3. The molecular formula is C12H16N2O3. The van der Waals surface area contributed by atoms with Crippen molar-refractivity contribution in [2.75, 3.05) is 33.4 Å². The van der Waals surface area contributed by atoms with Crippen LogP contribution in [0.25, 0.3) is 0 Å². The Morgan fingerprint density at radius 3 is 3.00 bits per heavy atom. The van der Waals surface area contributed by atoms with Gasteiger partial charge >= 0.3 is 0 Å². The molecule has 0 saturated carbocycles. The zero-order valence-electron chi connectivity index (χ0n) is 9.89. The second kappa shape index (κ2) is 5.75. The van der Waals surface area contributed by atoms with Crippen molar-refractivity contribution in [1.29, 1.82) is 0 Å². The van der Waals surface area contributed by atoms with Gasteiger partial charge in [0.05, 0.1) is 19.8 Å². The second-order valence-corrected chi connectivity index (χ2v) is 3.89. The fourth-order valence-corrected chi connectivity index (χ4v) is 1.78. The Morgan fingerprint density at radius 1 is 1.53 bits per heavy atom. The summed E-state index contributed by atoms with van der Waals surface area (Å²) in [6.07, 6.45) is 1.64. The summed E-state index contributed by atoms with van der Waals surface area (Å²) in [7, 11) is 1.63. The lowest BCUT2D eigenvalue weighted by Crippen LogP contribution is -2.41. The Morgan fingerprint density at radius 2 is 2.29 bits per heavy atom. The fourth-order valence-electron chi connectivity index (χ4n) is 1.78. The zero-order valence-corrected chi connectivity index (χ0v) is 9.89. The van der Waals surface area contributed by atoms with Crippen molar-refractivity contribution in [2.24, 2.45) is 0 Å². The molecule has 92 valence electrons. The van der Waals surface area contributed by atoms with Crippen LogP contribution >= 0.6 is 0 Å². The van der Waals surface area contributed by atoms with Gasteiger partial charge in [0.1, 0.15) is 5.69 Å². The first-order valence-electron chi connectivity index (χ1n) is 5.62. The number of aromatic nitrogens is 1. The number of nitrogens with zero attached hydrogens (tertiary/aromatic N) is 2. The van der Waals surface area contributed by atoms with Crippen molar-refractivity contribution < 1.29 is 14.3 Å². The second-order valence-electron chi connectivity index (χ2n) is 3.89. The highest BCUT2D eigenvalue weighted by atomic mass is 16.5. The third kappa shape index (κ3) is 3.01. The summed E-state index contributed by atoms with van der Waals surface area (Å²) in [6.45, 7) is 2.96. The molecule has 0 spiro atoms. The highest BCUT2D eigenvalue weighted by Crippen LogP contribution is 2.08. The maximum Gasteiger partial charge on any atom is 0.272 e. The monoisotopic (exact) mass is 236 g/mol. The van der Waals surface area contributed by atoms with E-state index in [1.54, 1.807) is 24.3 Å². The van der Waals surface area contributed by atoms with Crippen LogP contribution in [0.4, 0.5) is 0 Å². The average molecular weight is 236 g/mol. The van der Waals surface area contributed by atoms with Crippen LogP contribution < -0.4 is 0 Å². The van der Waals surface area contributed by atoms with E-state index in [-0.39, 0.29) is 5.91 Å². The highest BCUT2D eigenvalue weighted by molar-refractivity contribution is 5.92. The van der Waals surface area contributed by atoms with Gasteiger partial charge in [-0.2, -0.15) is 0 Å². The molecule has 5 heteroatoms. The number of hydrogen-bond donors (Lipinski definition) is 0. The molecule has 1 aromatic heterocycles. The van der Waals surface area contributed by atoms with Gasteiger partial charge < -0.3 is 14.4 Å². The van der Waals surface area contributed by atoms with E-state index in [4.69, 9.17) is 9.47 Å². The summed E-state index contributed by atoms with van der Waals surface area (Å²) in [4.78, 5) is 18.0. The first-order chi connectivity index (χ1) is 8.31. The van der Waals surface area contributed by atoms with Crippen molar-refractivity contribution in [2.45, 2.75) is 6.61 Å². The topological polar surface area (TPSA) is 51.7 Å². The predicted molar refractivity (Wildman–Crippen MR) is 61.7 cm³/mol. The molecule has 0 atom stereocenters. The fraction of sp³-hybridized carbons (Fsp3) is 0.500. The smallest absolute Gasteiger partial charge is 0.272 e. The lowest BCUT2D eigenvalue weighted by atomic mass is 10.2. The maximum absolute atomic E-state index is 12.1. The van der Waals surface area contributed by atoms with Crippen LogP contribution in [0.1, 0.15) is 16.1 Å². The molecule has 1 amide bonds. The molecule has 0 N–H and O–H groups in total. The van der Waals surface area contributed by atoms with Gasteiger partial charge in [-0.1, -0.05) is 0 Å². The third-order valence-electron chi connectivity index (χ3n) is 2.65. The molecule has 0 unspecified atom stereocenters. The van der Waals surface area contributed by atoms with Crippen molar-refractivity contribution in [3.8, 4) is 0 Å². The minimum absolute atomic E-state index is 0.0359. The van der Waals surface area contributed by atoms with Crippen molar-refractivity contribution >= 4 is 5.91 Å². The SMILES string of the molecule is COCc1ccnc(C(=O)N2CCOCC2)c1. The Bertz CT molecular complexity index is 389. The molecule has 17 heavy (non-hydrogen) atoms. The van der Waals surface area contributed by atoms with Gasteiger partial charge in [0.15, 0.2) is 0 Å². The van der Waals surface area contributed by atoms with E-state index in [0.717, 1.165) is 5.56 Å². The number of morpholine rings is 1. The number of carbonyl (C=O) groups excluding carboxylic acids is 1. The van der Waals surface area contributed by atoms with Crippen LogP contribution in [0, 0.1) is 0 Å². The van der Waals surface area contributed by atoms with Gasteiger partial charge in [-0.05, 0) is 17.7 Å². The summed E-state index contributed by atoms with van der Waals surface area (Å²) >= 11 is 0. The van der Waals surface area contributed by atoms with Crippen LogP contribution in [-0.4, -0.2) is 49.2 Å². The summed E-state index contributed by atoms with van der Waals surface area (Å²) in [5.41, 5.74) is 1.43. The van der Waals surface area contributed by atoms with Gasteiger partial charge in [0.2, 0.25) is 0 Å².